The molecule has 1 heterocycles. The monoisotopic (exact) mass is 277 g/mol. The molecule has 2 rings (SSSR count). The molecule has 0 aliphatic carbocycles. The number of nitrogens with zero attached hydrogens (tertiary/aromatic N) is 1. The molecule has 0 spiro atoms. The summed E-state index contributed by atoms with van der Waals surface area (Å²) in [4.78, 5) is 12.4. The molecule has 1 aromatic carbocycles. The quantitative estimate of drug-likeness (QED) is 0.800. The first kappa shape index (κ1) is 13.8. The number of carbonyl (C=O) groups excluding carboxylic acids is 1. The number of aliphatic hydroxyl groups is 1. The zero-order chi connectivity index (χ0) is 14.4. The van der Waals surface area contributed by atoms with Gasteiger partial charge in [-0.3, -0.25) is 4.79 Å². The predicted octanol–water partition coefficient (Wildman–Crippen LogP) is 2.24. The third-order valence-electron chi connectivity index (χ3n) is 3.35. The summed E-state index contributed by atoms with van der Waals surface area (Å²) in [5.41, 5.74) is -3.41. The molecule has 0 aromatic heterocycles. The second-order valence-corrected chi connectivity index (χ2v) is 4.46. The summed E-state index contributed by atoms with van der Waals surface area (Å²) in [6.07, 6.45) is -4.84. The van der Waals surface area contributed by atoms with Crippen molar-refractivity contribution in [3.63, 3.8) is 0 Å². The zero-order valence-electron chi connectivity index (χ0n) is 9.96. The highest BCUT2D eigenvalue weighted by molar-refractivity contribution is 5.79. The molecule has 1 N–H and O–H groups in total. The van der Waals surface area contributed by atoms with Gasteiger partial charge < -0.3 is 10.0 Å². The van der Waals surface area contributed by atoms with E-state index in [0.29, 0.717) is 12.1 Å². The number of halogens is 4. The zero-order valence-corrected chi connectivity index (χ0v) is 9.96. The molecule has 1 fully saturated rings. The van der Waals surface area contributed by atoms with Crippen LogP contribution < -0.4 is 0 Å². The maximum atomic E-state index is 13.2. The first-order valence-electron chi connectivity index (χ1n) is 5.52. The van der Waals surface area contributed by atoms with Gasteiger partial charge in [-0.1, -0.05) is 6.07 Å². The van der Waals surface area contributed by atoms with E-state index in [9.17, 15) is 27.5 Å². The van der Waals surface area contributed by atoms with Crippen LogP contribution in [-0.2, 0) is 16.7 Å². The van der Waals surface area contributed by atoms with Crippen LogP contribution in [0.4, 0.5) is 17.6 Å². The van der Waals surface area contributed by atoms with Gasteiger partial charge in [-0.15, -0.1) is 0 Å². The number of likely N-dealkylation sites (tertiary alicyclic amines) is 1. The van der Waals surface area contributed by atoms with Gasteiger partial charge in [0.25, 0.3) is 0 Å². The minimum Gasteiger partial charge on any atom is -0.367 e. The molecule has 1 aromatic rings. The molecular formula is C12H11F4NO2. The lowest BCUT2D eigenvalue weighted by Crippen LogP contribution is -2.40. The Kier molecular flexibility index (Phi) is 3.04. The lowest BCUT2D eigenvalue weighted by Gasteiger charge is -2.31. The van der Waals surface area contributed by atoms with Gasteiger partial charge in [-0.2, -0.15) is 13.2 Å². The number of amides is 1. The Balaban J connectivity index is 2.50. The van der Waals surface area contributed by atoms with Crippen LogP contribution in [-0.4, -0.2) is 23.0 Å². The van der Waals surface area contributed by atoms with Gasteiger partial charge in [0.15, 0.2) is 5.72 Å². The topological polar surface area (TPSA) is 40.5 Å². The van der Waals surface area contributed by atoms with Gasteiger partial charge in [0, 0.05) is 25.5 Å². The Labute approximate surface area is 106 Å². The summed E-state index contributed by atoms with van der Waals surface area (Å²) in [5, 5.41) is 10.3. The molecule has 3 nitrogen and oxygen atoms in total. The lowest BCUT2D eigenvalue weighted by molar-refractivity contribution is -0.143. The molecular weight excluding hydrogens is 266 g/mol. The van der Waals surface area contributed by atoms with Crippen LogP contribution in [0.2, 0.25) is 0 Å². The van der Waals surface area contributed by atoms with Crippen molar-refractivity contribution in [2.24, 2.45) is 0 Å². The summed E-state index contributed by atoms with van der Waals surface area (Å²) < 4.78 is 51.0. The molecule has 0 radical (unpaired) electrons. The molecule has 19 heavy (non-hydrogen) atoms. The smallest absolute Gasteiger partial charge is 0.367 e. The van der Waals surface area contributed by atoms with E-state index in [0.717, 1.165) is 11.0 Å². The lowest BCUT2D eigenvalue weighted by atomic mass is 9.97. The second kappa shape index (κ2) is 4.19. The summed E-state index contributed by atoms with van der Waals surface area (Å²) in [7, 11) is 1.30. The fourth-order valence-electron chi connectivity index (χ4n) is 2.15. The van der Waals surface area contributed by atoms with Gasteiger partial charge in [0.2, 0.25) is 5.91 Å². The maximum Gasteiger partial charge on any atom is 0.419 e. The van der Waals surface area contributed by atoms with E-state index in [1.165, 1.54) is 7.05 Å². The summed E-state index contributed by atoms with van der Waals surface area (Å²) in [6, 6.07) is 2.25. The summed E-state index contributed by atoms with van der Waals surface area (Å²) in [5.74, 6) is -1.78. The average molecular weight is 277 g/mol. The Hall–Kier alpha value is -1.63. The maximum absolute atomic E-state index is 13.2. The van der Waals surface area contributed by atoms with Gasteiger partial charge >= 0.3 is 6.18 Å². The third kappa shape index (κ3) is 2.18. The van der Waals surface area contributed by atoms with Crippen LogP contribution in [0.5, 0.6) is 0 Å². The van der Waals surface area contributed by atoms with Crippen LogP contribution >= 0.6 is 0 Å². The fourth-order valence-corrected chi connectivity index (χ4v) is 2.15. The minimum absolute atomic E-state index is 0.0226. The number of carbonyl (C=O) groups is 1. The van der Waals surface area contributed by atoms with Crippen LogP contribution in [0.15, 0.2) is 18.2 Å². The van der Waals surface area contributed by atoms with Crippen molar-refractivity contribution in [3.05, 3.63) is 35.1 Å². The molecule has 0 bridgehead atoms. The van der Waals surface area contributed by atoms with Gasteiger partial charge in [0.05, 0.1) is 5.56 Å². The number of hydrogen-bond donors (Lipinski definition) is 1. The Bertz CT molecular complexity index is 529. The average Bonchev–Trinajstić information content (AvgIpc) is 2.57. The van der Waals surface area contributed by atoms with E-state index < -0.39 is 23.3 Å². The highest BCUT2D eigenvalue weighted by Gasteiger charge is 2.44. The van der Waals surface area contributed by atoms with E-state index in [1.807, 2.05) is 0 Å². The van der Waals surface area contributed by atoms with Crippen LogP contribution in [0.25, 0.3) is 0 Å². The minimum atomic E-state index is -4.85. The summed E-state index contributed by atoms with van der Waals surface area (Å²) in [6.45, 7) is 0. The predicted molar refractivity (Wildman–Crippen MR) is 57.3 cm³/mol. The Morgan fingerprint density at radius 1 is 1.37 bits per heavy atom. The van der Waals surface area contributed by atoms with Crippen molar-refractivity contribution < 1.29 is 27.5 Å². The Morgan fingerprint density at radius 3 is 2.47 bits per heavy atom. The normalized spacial score (nSPS) is 24.1. The van der Waals surface area contributed by atoms with E-state index in [-0.39, 0.29) is 24.3 Å². The van der Waals surface area contributed by atoms with Crippen molar-refractivity contribution in [1.29, 1.82) is 0 Å². The highest BCUT2D eigenvalue weighted by atomic mass is 19.4. The number of alkyl halides is 3. The van der Waals surface area contributed by atoms with Crippen molar-refractivity contribution >= 4 is 5.91 Å². The van der Waals surface area contributed by atoms with Crippen molar-refractivity contribution in [1.82, 2.24) is 4.90 Å². The first-order chi connectivity index (χ1) is 8.66. The molecule has 1 atom stereocenters. The number of hydrogen-bond acceptors (Lipinski definition) is 2. The van der Waals surface area contributed by atoms with Crippen molar-refractivity contribution in [3.8, 4) is 0 Å². The van der Waals surface area contributed by atoms with Gasteiger partial charge in [-0.25, -0.2) is 4.39 Å². The molecule has 104 valence electrons. The third-order valence-corrected chi connectivity index (χ3v) is 3.35. The molecule has 1 aliphatic rings. The van der Waals surface area contributed by atoms with E-state index in [1.54, 1.807) is 0 Å². The van der Waals surface area contributed by atoms with Gasteiger partial charge in [-0.05, 0) is 12.1 Å². The first-order valence-corrected chi connectivity index (χ1v) is 5.52. The van der Waals surface area contributed by atoms with Crippen LogP contribution in [0.3, 0.4) is 0 Å². The molecule has 7 heteroatoms. The SMILES string of the molecule is CN1C(=O)CCC1(O)c1ccc(F)c(C(F)(F)F)c1. The standard InChI is InChI=1S/C12H11F4NO2/c1-17-10(18)4-5-11(17,19)7-2-3-9(13)8(6-7)12(14,15)16/h2-3,6,19H,4-5H2,1H3. The molecule has 1 saturated heterocycles. The van der Waals surface area contributed by atoms with E-state index >= 15 is 0 Å². The van der Waals surface area contributed by atoms with Gasteiger partial charge in [0.1, 0.15) is 5.82 Å². The number of benzene rings is 1. The van der Waals surface area contributed by atoms with E-state index in [2.05, 4.69) is 0 Å². The molecule has 0 saturated carbocycles. The molecule has 1 amide bonds. The fraction of sp³-hybridized carbons (Fsp3) is 0.417. The molecule has 1 unspecified atom stereocenters. The van der Waals surface area contributed by atoms with Crippen molar-refractivity contribution in [2.75, 3.05) is 7.05 Å². The van der Waals surface area contributed by atoms with Crippen molar-refractivity contribution in [2.45, 2.75) is 24.7 Å². The Morgan fingerprint density at radius 2 is 2.00 bits per heavy atom. The van der Waals surface area contributed by atoms with E-state index in [4.69, 9.17) is 0 Å². The second-order valence-electron chi connectivity index (χ2n) is 4.46. The molecule has 1 aliphatic heterocycles. The number of rotatable bonds is 1. The van der Waals surface area contributed by atoms with Crippen LogP contribution in [0.1, 0.15) is 24.0 Å². The summed E-state index contributed by atoms with van der Waals surface area (Å²) >= 11 is 0. The van der Waals surface area contributed by atoms with Crippen LogP contribution in [0, 0.1) is 5.82 Å². The largest absolute Gasteiger partial charge is 0.419 e. The highest BCUT2D eigenvalue weighted by Crippen LogP contribution is 2.39.